The number of hydrogen-bond acceptors (Lipinski definition) is 7. The van der Waals surface area contributed by atoms with Crippen molar-refractivity contribution in [3.05, 3.63) is 23.4 Å². The summed E-state index contributed by atoms with van der Waals surface area (Å²) in [6.45, 7) is -0.742. The monoisotopic (exact) mass is 319 g/mol. The van der Waals surface area contributed by atoms with Crippen molar-refractivity contribution in [2.75, 3.05) is 20.4 Å². The number of carboxylic acid groups (broad SMARTS) is 1. The standard InChI is InChI=1S/C14H12N2O7/c1-21-9-4-11-10(22-6-23-11)3-7(9)2-8-13(19)16(5-12(17)18)14(20)15-8/h2-4H,5-6H2,1H3,(H,15,20)(H,17,18)/p-1/b8-2+. The maximum Gasteiger partial charge on any atom is 0.329 e. The van der Waals surface area contributed by atoms with Gasteiger partial charge in [0.15, 0.2) is 11.5 Å². The predicted molar refractivity (Wildman–Crippen MR) is 72.3 cm³/mol. The molecule has 9 heteroatoms. The first-order chi connectivity index (χ1) is 11.0. The first kappa shape index (κ1) is 14.7. The number of methoxy groups -OCH3 is 1. The first-order valence-corrected chi connectivity index (χ1v) is 6.51. The maximum atomic E-state index is 12.1. The number of imide groups is 1. The highest BCUT2D eigenvalue weighted by Gasteiger charge is 2.33. The number of rotatable bonds is 4. The zero-order valence-electron chi connectivity index (χ0n) is 12.0. The van der Waals surface area contributed by atoms with Crippen LogP contribution in [0.4, 0.5) is 4.79 Å². The summed E-state index contributed by atoms with van der Waals surface area (Å²) >= 11 is 0. The van der Waals surface area contributed by atoms with Gasteiger partial charge >= 0.3 is 6.03 Å². The van der Waals surface area contributed by atoms with Crippen LogP contribution in [0.1, 0.15) is 5.56 Å². The molecule has 0 aromatic heterocycles. The highest BCUT2D eigenvalue weighted by atomic mass is 16.7. The molecule has 0 bridgehead atoms. The highest BCUT2D eigenvalue weighted by molar-refractivity contribution is 6.15. The van der Waals surface area contributed by atoms with Gasteiger partial charge in [-0.25, -0.2) is 4.79 Å². The summed E-state index contributed by atoms with van der Waals surface area (Å²) in [4.78, 5) is 34.9. The summed E-state index contributed by atoms with van der Waals surface area (Å²) in [6, 6.07) is 2.36. The minimum atomic E-state index is -1.53. The Morgan fingerprint density at radius 1 is 1.39 bits per heavy atom. The Labute approximate surface area is 130 Å². The van der Waals surface area contributed by atoms with Crippen molar-refractivity contribution in [3.63, 3.8) is 0 Å². The molecule has 3 rings (SSSR count). The van der Waals surface area contributed by atoms with Crippen molar-refractivity contribution >= 4 is 24.0 Å². The molecule has 2 aliphatic heterocycles. The van der Waals surface area contributed by atoms with Gasteiger partial charge in [-0.2, -0.15) is 0 Å². The molecule has 1 fully saturated rings. The molecule has 0 spiro atoms. The van der Waals surface area contributed by atoms with Gasteiger partial charge in [-0.1, -0.05) is 0 Å². The summed E-state index contributed by atoms with van der Waals surface area (Å²) in [5, 5.41) is 12.9. The van der Waals surface area contributed by atoms with Gasteiger partial charge in [0.25, 0.3) is 5.91 Å². The minimum absolute atomic E-state index is 0.0755. The first-order valence-electron chi connectivity index (χ1n) is 6.51. The number of ether oxygens (including phenoxy) is 3. The van der Waals surface area contributed by atoms with Crippen LogP contribution < -0.4 is 24.6 Å². The molecule has 0 radical (unpaired) electrons. The van der Waals surface area contributed by atoms with E-state index in [0.717, 1.165) is 0 Å². The average Bonchev–Trinajstić information content (AvgIpc) is 3.06. The van der Waals surface area contributed by atoms with Crippen LogP contribution in [-0.4, -0.2) is 43.3 Å². The molecule has 2 heterocycles. The van der Waals surface area contributed by atoms with E-state index in [1.54, 1.807) is 12.1 Å². The lowest BCUT2D eigenvalue weighted by molar-refractivity contribution is -0.305. The summed E-state index contributed by atoms with van der Waals surface area (Å²) in [5.74, 6) is -0.915. The van der Waals surface area contributed by atoms with Crippen LogP contribution in [-0.2, 0) is 9.59 Å². The van der Waals surface area contributed by atoms with E-state index in [2.05, 4.69) is 5.32 Å². The van der Waals surface area contributed by atoms with Crippen LogP contribution in [0.15, 0.2) is 17.8 Å². The van der Waals surface area contributed by atoms with Crippen LogP contribution >= 0.6 is 0 Å². The molecule has 1 aromatic carbocycles. The molecule has 3 amide bonds. The molecule has 0 aliphatic carbocycles. The zero-order chi connectivity index (χ0) is 16.6. The van der Waals surface area contributed by atoms with Crippen LogP contribution in [0.25, 0.3) is 6.08 Å². The number of carboxylic acids is 1. The molecule has 0 unspecified atom stereocenters. The molecule has 9 nitrogen and oxygen atoms in total. The van der Waals surface area contributed by atoms with Crippen LogP contribution in [0.3, 0.4) is 0 Å². The largest absolute Gasteiger partial charge is 0.548 e. The third-order valence-electron chi connectivity index (χ3n) is 3.27. The van der Waals surface area contributed by atoms with Crippen LogP contribution in [0, 0.1) is 0 Å². The molecule has 120 valence electrons. The van der Waals surface area contributed by atoms with Crippen LogP contribution in [0.5, 0.6) is 17.2 Å². The average molecular weight is 319 g/mol. The lowest BCUT2D eigenvalue weighted by Gasteiger charge is -2.11. The van der Waals surface area contributed by atoms with E-state index in [-0.39, 0.29) is 12.5 Å². The van der Waals surface area contributed by atoms with Crippen molar-refractivity contribution in [1.82, 2.24) is 10.2 Å². The second-order valence-corrected chi connectivity index (χ2v) is 4.70. The molecule has 1 aromatic rings. The van der Waals surface area contributed by atoms with E-state index in [1.165, 1.54) is 13.2 Å². The molecular weight excluding hydrogens is 308 g/mol. The number of aliphatic carboxylic acids is 1. The Morgan fingerprint density at radius 2 is 2.09 bits per heavy atom. The molecule has 0 saturated carbocycles. The number of hydrogen-bond donors (Lipinski definition) is 1. The van der Waals surface area contributed by atoms with Crippen molar-refractivity contribution in [1.29, 1.82) is 0 Å². The van der Waals surface area contributed by atoms with Gasteiger partial charge in [-0.3, -0.25) is 9.69 Å². The molecule has 0 atom stereocenters. The van der Waals surface area contributed by atoms with E-state index < -0.39 is 24.5 Å². The van der Waals surface area contributed by atoms with E-state index in [4.69, 9.17) is 14.2 Å². The highest BCUT2D eigenvalue weighted by Crippen LogP contribution is 2.39. The lowest BCUT2D eigenvalue weighted by Crippen LogP contribution is -2.41. The van der Waals surface area contributed by atoms with Crippen molar-refractivity contribution in [3.8, 4) is 17.2 Å². The number of benzene rings is 1. The van der Waals surface area contributed by atoms with E-state index in [0.29, 0.717) is 27.7 Å². The molecule has 2 aliphatic rings. The Morgan fingerprint density at radius 3 is 2.74 bits per heavy atom. The minimum Gasteiger partial charge on any atom is -0.548 e. The second kappa shape index (κ2) is 5.52. The van der Waals surface area contributed by atoms with Gasteiger partial charge < -0.3 is 29.4 Å². The van der Waals surface area contributed by atoms with E-state index in [1.807, 2.05) is 0 Å². The van der Waals surface area contributed by atoms with E-state index >= 15 is 0 Å². The number of carbonyl (C=O) groups excluding carboxylic acids is 3. The number of nitrogens with one attached hydrogen (secondary N) is 1. The Kier molecular flexibility index (Phi) is 3.53. The topological polar surface area (TPSA) is 117 Å². The van der Waals surface area contributed by atoms with Crippen molar-refractivity contribution in [2.45, 2.75) is 0 Å². The van der Waals surface area contributed by atoms with Gasteiger partial charge in [-0.05, 0) is 12.1 Å². The number of carbonyl (C=O) groups is 3. The molecule has 1 saturated heterocycles. The molecular formula is C14H11N2O7-. The molecule has 23 heavy (non-hydrogen) atoms. The van der Waals surface area contributed by atoms with Crippen LogP contribution in [0.2, 0.25) is 0 Å². The van der Waals surface area contributed by atoms with E-state index in [9.17, 15) is 19.5 Å². The Hall–Kier alpha value is -3.23. The zero-order valence-corrected chi connectivity index (χ0v) is 12.0. The number of amides is 3. The number of nitrogens with zero attached hydrogens (tertiary/aromatic N) is 1. The summed E-state index contributed by atoms with van der Waals surface area (Å²) in [5.41, 5.74) is 0.393. The SMILES string of the molecule is COc1cc2c(cc1/C=C1/NC(=O)N(CC(=O)[O-])C1=O)OCO2. The Balaban J connectivity index is 1.94. The summed E-state index contributed by atoms with van der Waals surface area (Å²) in [6.07, 6.45) is 1.37. The van der Waals surface area contributed by atoms with Gasteiger partial charge in [0, 0.05) is 11.6 Å². The fraction of sp³-hybridized carbons (Fsp3) is 0.214. The third-order valence-corrected chi connectivity index (χ3v) is 3.27. The Bertz CT molecular complexity index is 741. The van der Waals surface area contributed by atoms with Crippen molar-refractivity contribution in [2.24, 2.45) is 0 Å². The fourth-order valence-corrected chi connectivity index (χ4v) is 2.23. The second-order valence-electron chi connectivity index (χ2n) is 4.70. The number of fused-ring (bicyclic) bond motifs is 1. The quantitative estimate of drug-likeness (QED) is 0.562. The molecule has 1 N–H and O–H groups in total. The van der Waals surface area contributed by atoms with Crippen molar-refractivity contribution < 1.29 is 33.7 Å². The summed E-state index contributed by atoms with van der Waals surface area (Å²) in [7, 11) is 1.44. The number of urea groups is 1. The lowest BCUT2D eigenvalue weighted by atomic mass is 10.1. The predicted octanol–water partition coefficient (Wildman–Crippen LogP) is -0.934. The van der Waals surface area contributed by atoms with Gasteiger partial charge in [0.05, 0.1) is 19.6 Å². The normalized spacial score (nSPS) is 17.6. The van der Waals surface area contributed by atoms with Gasteiger partial charge in [-0.15, -0.1) is 0 Å². The van der Waals surface area contributed by atoms with Gasteiger partial charge in [0.2, 0.25) is 6.79 Å². The third kappa shape index (κ3) is 2.63. The van der Waals surface area contributed by atoms with Gasteiger partial charge in [0.1, 0.15) is 11.4 Å². The summed E-state index contributed by atoms with van der Waals surface area (Å²) < 4.78 is 15.7. The fourth-order valence-electron chi connectivity index (χ4n) is 2.23. The smallest absolute Gasteiger partial charge is 0.329 e. The maximum absolute atomic E-state index is 12.1.